The van der Waals surface area contributed by atoms with Crippen LogP contribution in [0.1, 0.15) is 24.3 Å². The van der Waals surface area contributed by atoms with Crippen LogP contribution in [-0.4, -0.2) is 21.5 Å². The Labute approximate surface area is 86.2 Å². The van der Waals surface area contributed by atoms with E-state index >= 15 is 0 Å². The van der Waals surface area contributed by atoms with E-state index in [0.717, 1.165) is 21.9 Å². The maximum absolute atomic E-state index is 5.51. The third kappa shape index (κ3) is 1.73. The highest BCUT2D eigenvalue weighted by atomic mass is 32.1. The molecule has 0 spiro atoms. The van der Waals surface area contributed by atoms with Crippen molar-refractivity contribution in [1.29, 1.82) is 0 Å². The summed E-state index contributed by atoms with van der Waals surface area (Å²) in [7, 11) is 0. The van der Waals surface area contributed by atoms with Crippen LogP contribution >= 0.6 is 11.3 Å². The summed E-state index contributed by atoms with van der Waals surface area (Å²) in [6, 6.07) is 0. The average molecular weight is 208 g/mol. The molecule has 0 fully saturated rings. The summed E-state index contributed by atoms with van der Waals surface area (Å²) in [4.78, 5) is 13.7. The van der Waals surface area contributed by atoms with Crippen LogP contribution in [-0.2, 0) is 0 Å². The third-order valence-electron chi connectivity index (χ3n) is 2.09. The van der Waals surface area contributed by atoms with Crippen molar-refractivity contribution >= 4 is 21.8 Å². The third-order valence-corrected chi connectivity index (χ3v) is 3.27. The predicted molar refractivity (Wildman–Crippen MR) is 57.3 cm³/mol. The quantitative estimate of drug-likeness (QED) is 0.831. The van der Waals surface area contributed by atoms with E-state index in [2.05, 4.69) is 21.9 Å². The number of nitrogens with zero attached hydrogens (tertiary/aromatic N) is 3. The second-order valence-electron chi connectivity index (χ2n) is 3.22. The van der Waals surface area contributed by atoms with Gasteiger partial charge in [-0.2, -0.15) is 0 Å². The molecule has 0 aliphatic heterocycles. The van der Waals surface area contributed by atoms with E-state index in [9.17, 15) is 0 Å². The van der Waals surface area contributed by atoms with Crippen molar-refractivity contribution < 1.29 is 0 Å². The van der Waals surface area contributed by atoms with Gasteiger partial charge in [0, 0.05) is 18.3 Å². The molecule has 14 heavy (non-hydrogen) atoms. The molecule has 1 atom stereocenters. The number of hydrogen-bond acceptors (Lipinski definition) is 5. The number of hydrogen-bond donors (Lipinski definition) is 1. The lowest BCUT2D eigenvalue weighted by molar-refractivity contribution is 0.686. The van der Waals surface area contributed by atoms with Crippen molar-refractivity contribution in [1.82, 2.24) is 15.0 Å². The van der Waals surface area contributed by atoms with E-state index in [1.165, 1.54) is 0 Å². The number of thiazole rings is 1. The van der Waals surface area contributed by atoms with Gasteiger partial charge in [0.15, 0.2) is 10.5 Å². The first-order valence-corrected chi connectivity index (χ1v) is 5.40. The van der Waals surface area contributed by atoms with Crippen LogP contribution in [0, 0.1) is 0 Å². The van der Waals surface area contributed by atoms with E-state index in [1.807, 2.05) is 0 Å². The van der Waals surface area contributed by atoms with Crippen molar-refractivity contribution in [2.75, 3.05) is 6.54 Å². The van der Waals surface area contributed by atoms with Crippen molar-refractivity contribution in [3.8, 4) is 0 Å². The summed E-state index contributed by atoms with van der Waals surface area (Å²) in [6.07, 6.45) is 4.32. The predicted octanol–water partition coefficient (Wildman–Crippen LogP) is 1.54. The maximum atomic E-state index is 5.51. The van der Waals surface area contributed by atoms with Crippen LogP contribution in [0.4, 0.5) is 0 Å². The molecule has 0 radical (unpaired) electrons. The smallest absolute Gasteiger partial charge is 0.189 e. The molecule has 2 aromatic heterocycles. The minimum Gasteiger partial charge on any atom is -0.330 e. The topological polar surface area (TPSA) is 64.7 Å². The first kappa shape index (κ1) is 9.48. The molecule has 2 N–H and O–H groups in total. The van der Waals surface area contributed by atoms with E-state index in [-0.39, 0.29) is 0 Å². The van der Waals surface area contributed by atoms with E-state index in [1.54, 1.807) is 23.7 Å². The van der Waals surface area contributed by atoms with Crippen LogP contribution < -0.4 is 5.73 Å². The molecule has 5 heteroatoms. The molecular formula is C9H12N4S. The summed E-state index contributed by atoms with van der Waals surface area (Å²) >= 11 is 1.61. The molecular weight excluding hydrogens is 196 g/mol. The molecule has 2 rings (SSSR count). The lowest BCUT2D eigenvalue weighted by Crippen LogP contribution is -2.04. The first-order valence-electron chi connectivity index (χ1n) is 4.58. The van der Waals surface area contributed by atoms with E-state index in [0.29, 0.717) is 12.5 Å². The van der Waals surface area contributed by atoms with Gasteiger partial charge in [0.2, 0.25) is 0 Å². The number of fused-ring (bicyclic) bond motifs is 1. The summed E-state index contributed by atoms with van der Waals surface area (Å²) in [5.41, 5.74) is 6.25. The Bertz CT molecular complexity index is 392. The zero-order chi connectivity index (χ0) is 9.97. The van der Waals surface area contributed by atoms with Gasteiger partial charge in [-0.25, -0.2) is 15.0 Å². The van der Waals surface area contributed by atoms with Crippen LogP contribution in [0.3, 0.4) is 0 Å². The summed E-state index contributed by atoms with van der Waals surface area (Å²) in [5, 5.41) is 1.08. The molecule has 0 bridgehead atoms. The zero-order valence-corrected chi connectivity index (χ0v) is 8.79. The second kappa shape index (κ2) is 3.98. The SMILES string of the molecule is CC(CCN)c1nc2nccnc2s1. The minimum absolute atomic E-state index is 0.404. The summed E-state index contributed by atoms with van der Waals surface area (Å²) in [6.45, 7) is 2.82. The Hall–Kier alpha value is -1.07. The highest BCUT2D eigenvalue weighted by Gasteiger charge is 2.11. The number of rotatable bonds is 3. The van der Waals surface area contributed by atoms with Crippen LogP contribution in [0.25, 0.3) is 10.5 Å². The highest BCUT2D eigenvalue weighted by Crippen LogP contribution is 2.26. The van der Waals surface area contributed by atoms with Crippen LogP contribution in [0.2, 0.25) is 0 Å². The molecule has 0 aliphatic rings. The normalized spacial score (nSPS) is 13.3. The number of nitrogens with two attached hydrogens (primary N) is 1. The highest BCUT2D eigenvalue weighted by molar-refractivity contribution is 7.18. The van der Waals surface area contributed by atoms with Gasteiger partial charge in [-0.3, -0.25) is 0 Å². The van der Waals surface area contributed by atoms with E-state index < -0.39 is 0 Å². The fourth-order valence-electron chi connectivity index (χ4n) is 1.28. The van der Waals surface area contributed by atoms with Crippen molar-refractivity contribution in [3.63, 3.8) is 0 Å². The molecule has 0 aliphatic carbocycles. The molecule has 1 unspecified atom stereocenters. The Morgan fingerprint density at radius 3 is 2.93 bits per heavy atom. The van der Waals surface area contributed by atoms with Crippen molar-refractivity contribution in [2.24, 2.45) is 5.73 Å². The molecule has 4 nitrogen and oxygen atoms in total. The fourth-order valence-corrected chi connectivity index (χ4v) is 2.23. The Morgan fingerprint density at radius 2 is 2.21 bits per heavy atom. The van der Waals surface area contributed by atoms with Crippen LogP contribution in [0.5, 0.6) is 0 Å². The van der Waals surface area contributed by atoms with Gasteiger partial charge in [-0.15, -0.1) is 0 Å². The largest absolute Gasteiger partial charge is 0.330 e. The van der Waals surface area contributed by atoms with Gasteiger partial charge < -0.3 is 5.73 Å². The monoisotopic (exact) mass is 208 g/mol. The molecule has 2 heterocycles. The molecule has 0 saturated carbocycles. The fraction of sp³-hybridized carbons (Fsp3) is 0.444. The number of aromatic nitrogens is 3. The molecule has 0 aromatic carbocycles. The Morgan fingerprint density at radius 1 is 1.43 bits per heavy atom. The zero-order valence-electron chi connectivity index (χ0n) is 7.97. The second-order valence-corrected chi connectivity index (χ2v) is 4.22. The molecule has 74 valence electrons. The Balaban J connectivity index is 2.35. The lowest BCUT2D eigenvalue weighted by atomic mass is 10.1. The van der Waals surface area contributed by atoms with Gasteiger partial charge in [0.25, 0.3) is 0 Å². The van der Waals surface area contributed by atoms with Crippen molar-refractivity contribution in [3.05, 3.63) is 17.4 Å². The van der Waals surface area contributed by atoms with Gasteiger partial charge in [-0.1, -0.05) is 18.3 Å². The molecule has 2 aromatic rings. The van der Waals surface area contributed by atoms with Gasteiger partial charge in [0.05, 0.1) is 0 Å². The van der Waals surface area contributed by atoms with Gasteiger partial charge >= 0.3 is 0 Å². The van der Waals surface area contributed by atoms with Crippen molar-refractivity contribution in [2.45, 2.75) is 19.3 Å². The standard InChI is InChI=1S/C9H12N4S/c1-6(2-3-10)8-13-7-9(14-8)12-5-4-11-7/h4-6H,2-3,10H2,1H3. The first-order chi connectivity index (χ1) is 6.81. The van der Waals surface area contributed by atoms with Gasteiger partial charge in [-0.05, 0) is 13.0 Å². The maximum Gasteiger partial charge on any atom is 0.189 e. The average Bonchev–Trinajstić information content (AvgIpc) is 2.61. The van der Waals surface area contributed by atoms with E-state index in [4.69, 9.17) is 5.73 Å². The summed E-state index contributed by atoms with van der Waals surface area (Å²) in [5.74, 6) is 0.404. The molecule has 0 saturated heterocycles. The van der Waals surface area contributed by atoms with Crippen LogP contribution in [0.15, 0.2) is 12.4 Å². The Kier molecular flexibility index (Phi) is 2.69. The summed E-state index contributed by atoms with van der Waals surface area (Å²) < 4.78 is 0. The molecule has 0 amide bonds. The minimum atomic E-state index is 0.404. The van der Waals surface area contributed by atoms with Gasteiger partial charge in [0.1, 0.15) is 5.01 Å². The lowest BCUT2D eigenvalue weighted by Gasteiger charge is -2.03.